The predicted molar refractivity (Wildman–Crippen MR) is 89.5 cm³/mol. The second kappa shape index (κ2) is 7.10. The van der Waals surface area contributed by atoms with Gasteiger partial charge in [0.15, 0.2) is 0 Å². The van der Waals surface area contributed by atoms with Crippen LogP contribution in [0, 0.1) is 5.92 Å². The number of benzene rings is 1. The zero-order valence-electron chi connectivity index (χ0n) is 13.1. The van der Waals surface area contributed by atoms with Crippen LogP contribution in [0.5, 0.6) is 0 Å². The zero-order valence-corrected chi connectivity index (χ0v) is 13.1. The summed E-state index contributed by atoms with van der Waals surface area (Å²) in [6.45, 7) is 8.25. The normalized spacial score (nSPS) is 18.1. The fourth-order valence-corrected chi connectivity index (χ4v) is 3.32. The topological polar surface area (TPSA) is 31.1 Å². The van der Waals surface area contributed by atoms with Crippen LogP contribution in [-0.4, -0.2) is 36.1 Å². The van der Waals surface area contributed by atoms with E-state index in [9.17, 15) is 0 Å². The molecule has 3 nitrogen and oxygen atoms in total. The first kappa shape index (κ1) is 14.6. The SMILES string of the molecule is CC(CNCc1ccc2cc[nH]c2c1)CN1CCCCC1. The van der Waals surface area contributed by atoms with Crippen molar-refractivity contribution in [2.24, 2.45) is 5.92 Å². The van der Waals surface area contributed by atoms with E-state index in [-0.39, 0.29) is 0 Å². The highest BCUT2D eigenvalue weighted by Gasteiger charge is 2.13. The Morgan fingerprint density at radius 2 is 2.05 bits per heavy atom. The minimum Gasteiger partial charge on any atom is -0.361 e. The summed E-state index contributed by atoms with van der Waals surface area (Å²) in [4.78, 5) is 5.90. The van der Waals surface area contributed by atoms with Gasteiger partial charge in [-0.15, -0.1) is 0 Å². The van der Waals surface area contributed by atoms with E-state index in [2.05, 4.69) is 46.4 Å². The molecule has 2 aromatic rings. The molecule has 1 fully saturated rings. The van der Waals surface area contributed by atoms with Crippen molar-refractivity contribution >= 4 is 10.9 Å². The Morgan fingerprint density at radius 1 is 1.19 bits per heavy atom. The van der Waals surface area contributed by atoms with Crippen LogP contribution in [0.2, 0.25) is 0 Å². The van der Waals surface area contributed by atoms with E-state index in [1.807, 2.05) is 6.20 Å². The summed E-state index contributed by atoms with van der Waals surface area (Å²) in [6.07, 6.45) is 6.19. The average molecular weight is 285 g/mol. The Labute approximate surface area is 127 Å². The van der Waals surface area contributed by atoms with Crippen molar-refractivity contribution in [3.63, 3.8) is 0 Å². The van der Waals surface area contributed by atoms with Gasteiger partial charge in [-0.3, -0.25) is 0 Å². The second-order valence-electron chi connectivity index (χ2n) is 6.50. The lowest BCUT2D eigenvalue weighted by atomic mass is 10.1. The molecule has 1 atom stereocenters. The number of nitrogens with zero attached hydrogens (tertiary/aromatic N) is 1. The summed E-state index contributed by atoms with van der Waals surface area (Å²) in [5, 5.41) is 4.90. The molecule has 114 valence electrons. The number of aromatic amines is 1. The molecule has 1 aromatic carbocycles. The first-order chi connectivity index (χ1) is 10.3. The third-order valence-electron chi connectivity index (χ3n) is 4.46. The standard InChI is InChI=1S/C18H27N3/c1-15(14-21-9-3-2-4-10-21)12-19-13-16-5-6-17-7-8-20-18(17)11-16/h5-8,11,15,19-20H,2-4,9-10,12-14H2,1H3. The third kappa shape index (κ3) is 4.08. The number of hydrogen-bond donors (Lipinski definition) is 2. The number of fused-ring (bicyclic) bond motifs is 1. The molecule has 0 aliphatic carbocycles. The van der Waals surface area contributed by atoms with E-state index in [1.165, 1.54) is 55.4 Å². The molecule has 0 spiro atoms. The number of piperidine rings is 1. The number of likely N-dealkylation sites (tertiary alicyclic amines) is 1. The molecule has 3 heteroatoms. The lowest BCUT2D eigenvalue weighted by Gasteiger charge is -2.29. The predicted octanol–water partition coefficient (Wildman–Crippen LogP) is 3.38. The Hall–Kier alpha value is -1.32. The summed E-state index contributed by atoms with van der Waals surface area (Å²) in [5.74, 6) is 0.720. The Kier molecular flexibility index (Phi) is 4.94. The minimum absolute atomic E-state index is 0.720. The van der Waals surface area contributed by atoms with Crippen molar-refractivity contribution in [1.29, 1.82) is 0 Å². The quantitative estimate of drug-likeness (QED) is 0.852. The largest absolute Gasteiger partial charge is 0.361 e. The molecular weight excluding hydrogens is 258 g/mol. The van der Waals surface area contributed by atoms with Gasteiger partial charge in [-0.1, -0.05) is 25.5 Å². The van der Waals surface area contributed by atoms with E-state index in [0.717, 1.165) is 19.0 Å². The van der Waals surface area contributed by atoms with Gasteiger partial charge in [0.05, 0.1) is 0 Å². The molecule has 3 rings (SSSR count). The molecule has 0 amide bonds. The monoisotopic (exact) mass is 285 g/mol. The first-order valence-electron chi connectivity index (χ1n) is 8.30. The molecule has 2 heterocycles. The highest BCUT2D eigenvalue weighted by Crippen LogP contribution is 2.14. The van der Waals surface area contributed by atoms with Gasteiger partial charge < -0.3 is 15.2 Å². The van der Waals surface area contributed by atoms with E-state index in [4.69, 9.17) is 0 Å². The molecule has 21 heavy (non-hydrogen) atoms. The van der Waals surface area contributed by atoms with Crippen molar-refractivity contribution < 1.29 is 0 Å². The number of hydrogen-bond acceptors (Lipinski definition) is 2. The number of nitrogens with one attached hydrogen (secondary N) is 2. The van der Waals surface area contributed by atoms with Crippen molar-refractivity contribution in [3.8, 4) is 0 Å². The molecule has 1 saturated heterocycles. The van der Waals surface area contributed by atoms with Crippen LogP contribution in [0.25, 0.3) is 10.9 Å². The van der Waals surface area contributed by atoms with Gasteiger partial charge in [0.25, 0.3) is 0 Å². The highest BCUT2D eigenvalue weighted by atomic mass is 15.1. The van der Waals surface area contributed by atoms with E-state index in [0.29, 0.717) is 0 Å². The van der Waals surface area contributed by atoms with Gasteiger partial charge in [0.1, 0.15) is 0 Å². The number of rotatable bonds is 6. The van der Waals surface area contributed by atoms with Gasteiger partial charge in [0, 0.05) is 24.8 Å². The van der Waals surface area contributed by atoms with Crippen LogP contribution in [-0.2, 0) is 6.54 Å². The smallest absolute Gasteiger partial charge is 0.0457 e. The second-order valence-corrected chi connectivity index (χ2v) is 6.50. The summed E-state index contributed by atoms with van der Waals surface area (Å²) < 4.78 is 0. The maximum absolute atomic E-state index is 3.61. The van der Waals surface area contributed by atoms with Crippen LogP contribution < -0.4 is 5.32 Å². The maximum Gasteiger partial charge on any atom is 0.0457 e. The van der Waals surface area contributed by atoms with Crippen LogP contribution in [0.15, 0.2) is 30.5 Å². The van der Waals surface area contributed by atoms with Gasteiger partial charge in [-0.25, -0.2) is 0 Å². The number of aromatic nitrogens is 1. The Morgan fingerprint density at radius 3 is 2.90 bits per heavy atom. The summed E-state index contributed by atoms with van der Waals surface area (Å²) >= 11 is 0. The van der Waals surface area contributed by atoms with E-state index in [1.54, 1.807) is 0 Å². The van der Waals surface area contributed by atoms with Gasteiger partial charge in [-0.2, -0.15) is 0 Å². The van der Waals surface area contributed by atoms with Crippen LogP contribution in [0.3, 0.4) is 0 Å². The fourth-order valence-electron chi connectivity index (χ4n) is 3.32. The van der Waals surface area contributed by atoms with E-state index >= 15 is 0 Å². The summed E-state index contributed by atoms with van der Waals surface area (Å²) in [7, 11) is 0. The molecule has 1 unspecified atom stereocenters. The molecule has 1 aromatic heterocycles. The molecule has 0 saturated carbocycles. The molecular formula is C18H27N3. The lowest BCUT2D eigenvalue weighted by Crippen LogP contribution is -2.36. The minimum atomic E-state index is 0.720. The zero-order chi connectivity index (χ0) is 14.5. The highest BCUT2D eigenvalue weighted by molar-refractivity contribution is 5.79. The van der Waals surface area contributed by atoms with Gasteiger partial charge in [0.2, 0.25) is 0 Å². The van der Waals surface area contributed by atoms with Gasteiger partial charge >= 0.3 is 0 Å². The van der Waals surface area contributed by atoms with Crippen molar-refractivity contribution in [3.05, 3.63) is 36.0 Å². The maximum atomic E-state index is 3.61. The van der Waals surface area contributed by atoms with Crippen molar-refractivity contribution in [2.45, 2.75) is 32.7 Å². The van der Waals surface area contributed by atoms with E-state index < -0.39 is 0 Å². The summed E-state index contributed by atoms with van der Waals surface area (Å²) in [5.41, 5.74) is 2.59. The van der Waals surface area contributed by atoms with Gasteiger partial charge in [-0.05, 0) is 61.5 Å². The van der Waals surface area contributed by atoms with Crippen LogP contribution in [0.4, 0.5) is 0 Å². The Balaban J connectivity index is 1.42. The van der Waals surface area contributed by atoms with Crippen LogP contribution >= 0.6 is 0 Å². The molecule has 1 aliphatic heterocycles. The van der Waals surface area contributed by atoms with Crippen molar-refractivity contribution in [1.82, 2.24) is 15.2 Å². The lowest BCUT2D eigenvalue weighted by molar-refractivity contribution is 0.199. The number of H-pyrrole nitrogens is 1. The molecule has 0 bridgehead atoms. The average Bonchev–Trinajstić information content (AvgIpc) is 2.96. The first-order valence-corrected chi connectivity index (χ1v) is 8.30. The molecule has 1 aliphatic rings. The van der Waals surface area contributed by atoms with Crippen LogP contribution in [0.1, 0.15) is 31.7 Å². The van der Waals surface area contributed by atoms with Crippen molar-refractivity contribution in [2.75, 3.05) is 26.2 Å². The third-order valence-corrected chi connectivity index (χ3v) is 4.46. The summed E-state index contributed by atoms with van der Waals surface area (Å²) in [6, 6.07) is 8.78. The Bertz CT molecular complexity index is 554. The molecule has 0 radical (unpaired) electrons. The fraction of sp³-hybridized carbons (Fsp3) is 0.556. The molecule has 2 N–H and O–H groups in total.